The maximum atomic E-state index is 12.8. The number of anilines is 1. The van der Waals surface area contributed by atoms with E-state index in [9.17, 15) is 4.39 Å². The molecular formula is C13H19FN2. The van der Waals surface area contributed by atoms with E-state index in [0.717, 1.165) is 25.2 Å². The first kappa shape index (κ1) is 11.4. The third-order valence-corrected chi connectivity index (χ3v) is 3.18. The van der Waals surface area contributed by atoms with Crippen molar-refractivity contribution in [3.8, 4) is 0 Å². The Morgan fingerprint density at radius 1 is 1.44 bits per heavy atom. The van der Waals surface area contributed by atoms with Gasteiger partial charge in [0, 0.05) is 24.8 Å². The molecule has 1 aliphatic rings. The van der Waals surface area contributed by atoms with Crippen LogP contribution in [0.1, 0.15) is 19.8 Å². The Labute approximate surface area is 96.2 Å². The average molecular weight is 222 g/mol. The van der Waals surface area contributed by atoms with E-state index >= 15 is 0 Å². The highest BCUT2D eigenvalue weighted by Crippen LogP contribution is 2.26. The molecule has 1 heterocycles. The summed E-state index contributed by atoms with van der Waals surface area (Å²) in [6.45, 7) is 4.16. The molecule has 0 spiro atoms. The first-order valence-corrected chi connectivity index (χ1v) is 5.91. The van der Waals surface area contributed by atoms with Crippen molar-refractivity contribution >= 4 is 5.69 Å². The molecular weight excluding hydrogens is 203 g/mol. The lowest BCUT2D eigenvalue weighted by atomic mass is 10.0. The maximum Gasteiger partial charge on any atom is 0.123 e. The van der Waals surface area contributed by atoms with Gasteiger partial charge < -0.3 is 10.6 Å². The molecule has 1 aromatic carbocycles. The Balaban J connectivity index is 1.95. The molecule has 0 aliphatic carbocycles. The second-order valence-electron chi connectivity index (χ2n) is 4.79. The molecule has 2 nitrogen and oxygen atoms in total. The summed E-state index contributed by atoms with van der Waals surface area (Å²) < 4.78 is 12.8. The summed E-state index contributed by atoms with van der Waals surface area (Å²) >= 11 is 0. The molecule has 2 rings (SSSR count). The zero-order valence-corrected chi connectivity index (χ0v) is 9.70. The lowest BCUT2D eigenvalue weighted by Crippen LogP contribution is -2.23. The minimum absolute atomic E-state index is 0.171. The van der Waals surface area contributed by atoms with Crippen LogP contribution < -0.4 is 10.6 Å². The van der Waals surface area contributed by atoms with Crippen LogP contribution in [-0.2, 0) is 0 Å². The van der Waals surface area contributed by atoms with E-state index in [1.165, 1.54) is 18.6 Å². The highest BCUT2D eigenvalue weighted by Gasteiger charge is 2.23. The van der Waals surface area contributed by atoms with E-state index in [-0.39, 0.29) is 11.9 Å². The first-order valence-electron chi connectivity index (χ1n) is 5.91. The second-order valence-corrected chi connectivity index (χ2v) is 4.79. The molecule has 1 aromatic rings. The fourth-order valence-corrected chi connectivity index (χ4v) is 2.44. The fraction of sp³-hybridized carbons (Fsp3) is 0.538. The number of nitrogens with two attached hydrogens (primary N) is 1. The number of hydrogen-bond donors (Lipinski definition) is 1. The summed E-state index contributed by atoms with van der Waals surface area (Å²) in [5.41, 5.74) is 6.93. The zero-order chi connectivity index (χ0) is 11.5. The zero-order valence-electron chi connectivity index (χ0n) is 9.70. The molecule has 1 aliphatic heterocycles. The molecule has 0 aromatic heterocycles. The fourth-order valence-electron chi connectivity index (χ4n) is 2.44. The van der Waals surface area contributed by atoms with E-state index < -0.39 is 0 Å². The smallest absolute Gasteiger partial charge is 0.123 e. The molecule has 0 bridgehead atoms. The molecule has 2 N–H and O–H groups in total. The minimum atomic E-state index is -0.171. The van der Waals surface area contributed by atoms with Crippen molar-refractivity contribution in [3.05, 3.63) is 30.1 Å². The predicted octanol–water partition coefficient (Wildman–Crippen LogP) is 2.39. The summed E-state index contributed by atoms with van der Waals surface area (Å²) in [7, 11) is 0. The maximum absolute atomic E-state index is 12.8. The topological polar surface area (TPSA) is 29.3 Å². The molecule has 2 unspecified atom stereocenters. The monoisotopic (exact) mass is 222 g/mol. The molecule has 88 valence electrons. The third-order valence-electron chi connectivity index (χ3n) is 3.18. The summed E-state index contributed by atoms with van der Waals surface area (Å²) in [6, 6.07) is 7.02. The van der Waals surface area contributed by atoms with E-state index in [4.69, 9.17) is 5.73 Å². The average Bonchev–Trinajstić information content (AvgIpc) is 2.66. The summed E-state index contributed by atoms with van der Waals surface area (Å²) in [5.74, 6) is 0.514. The Morgan fingerprint density at radius 2 is 2.12 bits per heavy atom. The summed E-state index contributed by atoms with van der Waals surface area (Å²) in [6.07, 6.45) is 2.27. The Bertz CT molecular complexity index is 334. The number of hydrogen-bond acceptors (Lipinski definition) is 2. The van der Waals surface area contributed by atoms with Crippen LogP contribution in [0.2, 0.25) is 0 Å². The van der Waals surface area contributed by atoms with Crippen molar-refractivity contribution in [2.24, 2.45) is 11.7 Å². The predicted molar refractivity (Wildman–Crippen MR) is 65.0 cm³/mol. The molecule has 0 saturated carbocycles. The Morgan fingerprint density at radius 3 is 2.75 bits per heavy atom. The minimum Gasteiger partial charge on any atom is -0.371 e. The van der Waals surface area contributed by atoms with Gasteiger partial charge in [0.25, 0.3) is 0 Å². The van der Waals surface area contributed by atoms with Crippen LogP contribution in [0.15, 0.2) is 24.3 Å². The van der Waals surface area contributed by atoms with Crippen LogP contribution in [0, 0.1) is 11.7 Å². The van der Waals surface area contributed by atoms with Crippen molar-refractivity contribution in [2.75, 3.05) is 18.0 Å². The normalized spacial score (nSPS) is 22.4. The van der Waals surface area contributed by atoms with Gasteiger partial charge in [-0.05, 0) is 49.9 Å². The molecule has 2 atom stereocenters. The number of halogens is 1. The highest BCUT2D eigenvalue weighted by molar-refractivity contribution is 5.47. The number of rotatable bonds is 3. The van der Waals surface area contributed by atoms with Gasteiger partial charge in [-0.2, -0.15) is 0 Å². The molecule has 1 fully saturated rings. The molecule has 1 saturated heterocycles. The summed E-state index contributed by atoms with van der Waals surface area (Å²) in [5, 5.41) is 0. The van der Waals surface area contributed by atoms with E-state index in [0.29, 0.717) is 5.92 Å². The van der Waals surface area contributed by atoms with Gasteiger partial charge in [-0.25, -0.2) is 4.39 Å². The van der Waals surface area contributed by atoms with Crippen LogP contribution in [0.4, 0.5) is 10.1 Å². The quantitative estimate of drug-likeness (QED) is 0.851. The van der Waals surface area contributed by atoms with Gasteiger partial charge in [0.2, 0.25) is 0 Å². The van der Waals surface area contributed by atoms with Gasteiger partial charge in [0.05, 0.1) is 0 Å². The van der Waals surface area contributed by atoms with Gasteiger partial charge in [-0.15, -0.1) is 0 Å². The summed E-state index contributed by atoms with van der Waals surface area (Å²) in [4.78, 5) is 2.31. The van der Waals surface area contributed by atoms with E-state index in [1.807, 2.05) is 12.1 Å². The van der Waals surface area contributed by atoms with Crippen LogP contribution in [-0.4, -0.2) is 19.1 Å². The lowest BCUT2D eigenvalue weighted by molar-refractivity contribution is 0.485. The standard InChI is InChI=1S/C13H19FN2/c1-10(15)8-11-6-7-16(9-11)13-4-2-12(14)3-5-13/h2-5,10-11H,6-9,15H2,1H3. The SMILES string of the molecule is CC(N)CC1CCN(c2ccc(F)cc2)C1. The van der Waals surface area contributed by atoms with Gasteiger partial charge in [-0.3, -0.25) is 0 Å². The second kappa shape index (κ2) is 4.83. The Kier molecular flexibility index (Phi) is 3.44. The Hall–Kier alpha value is -1.09. The van der Waals surface area contributed by atoms with Gasteiger partial charge in [-0.1, -0.05) is 0 Å². The van der Waals surface area contributed by atoms with Gasteiger partial charge >= 0.3 is 0 Å². The van der Waals surface area contributed by atoms with Crippen LogP contribution in [0.25, 0.3) is 0 Å². The van der Waals surface area contributed by atoms with Crippen molar-refractivity contribution < 1.29 is 4.39 Å². The first-order chi connectivity index (χ1) is 7.65. The van der Waals surface area contributed by atoms with Gasteiger partial charge in [0.1, 0.15) is 5.82 Å². The number of benzene rings is 1. The van der Waals surface area contributed by atoms with E-state index in [1.54, 1.807) is 0 Å². The number of nitrogens with zero attached hydrogens (tertiary/aromatic N) is 1. The van der Waals surface area contributed by atoms with Crippen LogP contribution >= 0.6 is 0 Å². The van der Waals surface area contributed by atoms with Gasteiger partial charge in [0.15, 0.2) is 0 Å². The van der Waals surface area contributed by atoms with E-state index in [2.05, 4.69) is 11.8 Å². The third kappa shape index (κ3) is 2.73. The van der Waals surface area contributed by atoms with Crippen LogP contribution in [0.3, 0.4) is 0 Å². The van der Waals surface area contributed by atoms with Crippen molar-refractivity contribution in [1.82, 2.24) is 0 Å². The van der Waals surface area contributed by atoms with Crippen molar-refractivity contribution in [1.29, 1.82) is 0 Å². The highest BCUT2D eigenvalue weighted by atomic mass is 19.1. The lowest BCUT2D eigenvalue weighted by Gasteiger charge is -2.19. The molecule has 0 radical (unpaired) electrons. The molecule has 0 amide bonds. The van der Waals surface area contributed by atoms with Crippen molar-refractivity contribution in [3.63, 3.8) is 0 Å². The van der Waals surface area contributed by atoms with Crippen molar-refractivity contribution in [2.45, 2.75) is 25.8 Å². The largest absolute Gasteiger partial charge is 0.371 e. The molecule has 16 heavy (non-hydrogen) atoms. The van der Waals surface area contributed by atoms with Crippen LogP contribution in [0.5, 0.6) is 0 Å². The molecule has 3 heteroatoms.